The molecule has 2 aromatic rings. The molecule has 17 heavy (non-hydrogen) atoms. The monoisotopic (exact) mass is 250 g/mol. The zero-order valence-electron chi connectivity index (χ0n) is 10.1. The van der Waals surface area contributed by atoms with Crippen LogP contribution in [0.2, 0.25) is 0 Å². The topological polar surface area (TPSA) is 43.6 Å². The molecule has 0 amide bonds. The Bertz CT molecular complexity index is 563. The number of rotatable bonds is 3. The lowest BCUT2D eigenvalue weighted by Gasteiger charge is -2.01. The Morgan fingerprint density at radius 2 is 2.35 bits per heavy atom. The number of thioether (sulfide) groups is 1. The van der Waals surface area contributed by atoms with Crippen LogP contribution in [0.4, 0.5) is 0 Å². The summed E-state index contributed by atoms with van der Waals surface area (Å²) < 4.78 is 6.78. The second kappa shape index (κ2) is 4.79. The van der Waals surface area contributed by atoms with Gasteiger partial charge in [-0.3, -0.25) is 0 Å². The number of aromatic nitrogens is 2. The van der Waals surface area contributed by atoms with E-state index in [0.29, 0.717) is 17.2 Å². The zero-order chi connectivity index (χ0) is 12.4. The van der Waals surface area contributed by atoms with Crippen molar-refractivity contribution in [3.8, 4) is 0 Å². The molecule has 0 bridgehead atoms. The highest BCUT2D eigenvalue weighted by molar-refractivity contribution is 7.98. The van der Waals surface area contributed by atoms with Crippen LogP contribution in [0.3, 0.4) is 0 Å². The van der Waals surface area contributed by atoms with Crippen molar-refractivity contribution >= 4 is 23.2 Å². The molecule has 0 aliphatic rings. The van der Waals surface area contributed by atoms with E-state index >= 15 is 0 Å². The number of ether oxygens (including phenoxy) is 1. The Hall–Kier alpha value is -1.49. The van der Waals surface area contributed by atoms with E-state index in [1.807, 2.05) is 31.5 Å². The van der Waals surface area contributed by atoms with E-state index in [1.54, 1.807) is 11.4 Å². The first kappa shape index (κ1) is 12.0. The van der Waals surface area contributed by atoms with Gasteiger partial charge in [0.1, 0.15) is 10.6 Å². The van der Waals surface area contributed by atoms with Crippen molar-refractivity contribution in [3.05, 3.63) is 29.5 Å². The Balaban J connectivity index is 2.64. The van der Waals surface area contributed by atoms with Crippen molar-refractivity contribution in [2.24, 2.45) is 0 Å². The van der Waals surface area contributed by atoms with Gasteiger partial charge in [-0.1, -0.05) is 0 Å². The smallest absolute Gasteiger partial charge is 0.343 e. The molecule has 0 radical (unpaired) electrons. The van der Waals surface area contributed by atoms with Crippen LogP contribution in [-0.2, 0) is 4.74 Å². The largest absolute Gasteiger partial charge is 0.462 e. The van der Waals surface area contributed by atoms with Gasteiger partial charge in [-0.05, 0) is 37.8 Å². The van der Waals surface area contributed by atoms with Gasteiger partial charge in [-0.25, -0.2) is 9.31 Å². The first-order chi connectivity index (χ1) is 8.17. The minimum absolute atomic E-state index is 0.308. The maximum absolute atomic E-state index is 11.9. The molecule has 4 nitrogen and oxygen atoms in total. The second-order valence-corrected chi connectivity index (χ2v) is 4.43. The van der Waals surface area contributed by atoms with Crippen LogP contribution < -0.4 is 0 Å². The maximum Gasteiger partial charge on any atom is 0.343 e. The minimum Gasteiger partial charge on any atom is -0.462 e. The molecular weight excluding hydrogens is 236 g/mol. The molecule has 2 rings (SSSR count). The molecule has 2 heterocycles. The Kier molecular flexibility index (Phi) is 3.38. The van der Waals surface area contributed by atoms with Crippen molar-refractivity contribution < 1.29 is 9.53 Å². The lowest BCUT2D eigenvalue weighted by molar-refractivity contribution is 0.0524. The standard InChI is InChI=1S/C12H14N2O2S/c1-4-16-12(15)10-9-7-8(2)5-6-14(9)13-11(10)17-3/h5-7H,4H2,1-3H3. The molecule has 0 atom stereocenters. The van der Waals surface area contributed by atoms with Gasteiger partial charge in [0.05, 0.1) is 12.1 Å². The van der Waals surface area contributed by atoms with E-state index in [9.17, 15) is 4.79 Å². The highest BCUT2D eigenvalue weighted by Gasteiger charge is 2.20. The third kappa shape index (κ3) is 2.15. The SMILES string of the molecule is CCOC(=O)c1c(SC)nn2ccc(C)cc12. The molecule has 0 spiro atoms. The van der Waals surface area contributed by atoms with E-state index in [-0.39, 0.29) is 5.97 Å². The van der Waals surface area contributed by atoms with Gasteiger partial charge in [0.2, 0.25) is 0 Å². The highest BCUT2D eigenvalue weighted by Crippen LogP contribution is 2.25. The average Bonchev–Trinajstić information content (AvgIpc) is 2.66. The van der Waals surface area contributed by atoms with E-state index in [0.717, 1.165) is 11.1 Å². The molecule has 0 saturated heterocycles. The fourth-order valence-electron chi connectivity index (χ4n) is 1.67. The Morgan fingerprint density at radius 1 is 1.59 bits per heavy atom. The summed E-state index contributed by atoms with van der Waals surface area (Å²) in [5.74, 6) is -0.308. The van der Waals surface area contributed by atoms with Crippen LogP contribution >= 0.6 is 11.8 Å². The number of carbonyl (C=O) groups excluding carboxylic acids is 1. The fraction of sp³-hybridized carbons (Fsp3) is 0.333. The lowest BCUT2D eigenvalue weighted by Crippen LogP contribution is -2.05. The number of hydrogen-bond donors (Lipinski definition) is 0. The summed E-state index contributed by atoms with van der Waals surface area (Å²) in [6.45, 7) is 4.16. The number of carbonyl (C=O) groups is 1. The van der Waals surface area contributed by atoms with Crippen molar-refractivity contribution in [1.82, 2.24) is 9.61 Å². The summed E-state index contributed by atoms with van der Waals surface area (Å²) in [6.07, 6.45) is 3.75. The Labute approximate surface area is 104 Å². The second-order valence-electron chi connectivity index (χ2n) is 3.64. The van der Waals surface area contributed by atoms with Gasteiger partial charge in [0.15, 0.2) is 0 Å². The molecule has 0 aliphatic heterocycles. The molecule has 0 saturated carbocycles. The number of pyridine rings is 1. The van der Waals surface area contributed by atoms with Crippen LogP contribution in [0.25, 0.3) is 5.52 Å². The number of nitrogens with zero attached hydrogens (tertiary/aromatic N) is 2. The third-order valence-corrected chi connectivity index (χ3v) is 3.10. The fourth-order valence-corrected chi connectivity index (χ4v) is 2.23. The van der Waals surface area contributed by atoms with Crippen LogP contribution in [0.5, 0.6) is 0 Å². The summed E-state index contributed by atoms with van der Waals surface area (Å²) in [4.78, 5) is 11.9. The van der Waals surface area contributed by atoms with Crippen LogP contribution in [0, 0.1) is 6.92 Å². The molecule has 5 heteroatoms. The zero-order valence-corrected chi connectivity index (χ0v) is 10.9. The van der Waals surface area contributed by atoms with Gasteiger partial charge in [0.25, 0.3) is 0 Å². The van der Waals surface area contributed by atoms with Gasteiger partial charge < -0.3 is 4.74 Å². The van der Waals surface area contributed by atoms with Gasteiger partial charge in [0, 0.05) is 6.20 Å². The summed E-state index contributed by atoms with van der Waals surface area (Å²) in [5, 5.41) is 5.06. The predicted molar refractivity (Wildman–Crippen MR) is 67.7 cm³/mol. The predicted octanol–water partition coefficient (Wildman–Crippen LogP) is 2.54. The molecule has 0 fully saturated rings. The molecule has 0 aromatic carbocycles. The highest BCUT2D eigenvalue weighted by atomic mass is 32.2. The first-order valence-corrected chi connectivity index (χ1v) is 6.60. The van der Waals surface area contributed by atoms with E-state index in [1.165, 1.54) is 11.8 Å². The van der Waals surface area contributed by atoms with Crippen LogP contribution in [0.15, 0.2) is 23.4 Å². The van der Waals surface area contributed by atoms with Crippen LogP contribution in [0.1, 0.15) is 22.8 Å². The van der Waals surface area contributed by atoms with E-state index in [4.69, 9.17) is 4.74 Å². The molecular formula is C12H14N2O2S. The quantitative estimate of drug-likeness (QED) is 0.620. The number of esters is 1. The van der Waals surface area contributed by atoms with Crippen molar-refractivity contribution in [2.45, 2.75) is 18.9 Å². The number of fused-ring (bicyclic) bond motifs is 1. The molecule has 2 aromatic heterocycles. The van der Waals surface area contributed by atoms with Crippen molar-refractivity contribution in [2.75, 3.05) is 12.9 Å². The number of hydrogen-bond acceptors (Lipinski definition) is 4. The number of aryl methyl sites for hydroxylation is 1. The molecule has 90 valence electrons. The van der Waals surface area contributed by atoms with Gasteiger partial charge in [-0.2, -0.15) is 5.10 Å². The molecule has 0 N–H and O–H groups in total. The Morgan fingerprint density at radius 3 is 3.00 bits per heavy atom. The van der Waals surface area contributed by atoms with E-state index in [2.05, 4.69) is 5.10 Å². The normalized spacial score (nSPS) is 10.8. The van der Waals surface area contributed by atoms with Crippen molar-refractivity contribution in [3.63, 3.8) is 0 Å². The summed E-state index contributed by atoms with van der Waals surface area (Å²) in [7, 11) is 0. The third-order valence-electron chi connectivity index (χ3n) is 2.43. The maximum atomic E-state index is 11.9. The van der Waals surface area contributed by atoms with Gasteiger partial charge >= 0.3 is 5.97 Å². The molecule has 0 unspecified atom stereocenters. The van der Waals surface area contributed by atoms with Crippen LogP contribution in [-0.4, -0.2) is 28.4 Å². The first-order valence-electron chi connectivity index (χ1n) is 5.37. The summed E-state index contributed by atoms with van der Waals surface area (Å²) >= 11 is 1.45. The van der Waals surface area contributed by atoms with Crippen molar-refractivity contribution in [1.29, 1.82) is 0 Å². The van der Waals surface area contributed by atoms with E-state index < -0.39 is 0 Å². The summed E-state index contributed by atoms with van der Waals surface area (Å²) in [5.41, 5.74) is 2.45. The molecule has 0 aliphatic carbocycles. The minimum atomic E-state index is -0.308. The lowest BCUT2D eigenvalue weighted by atomic mass is 10.2. The van der Waals surface area contributed by atoms with Gasteiger partial charge in [-0.15, -0.1) is 11.8 Å². The summed E-state index contributed by atoms with van der Waals surface area (Å²) in [6, 6.07) is 3.90. The average molecular weight is 250 g/mol.